The highest BCUT2D eigenvalue weighted by Crippen LogP contribution is 1.90. The normalized spacial score (nSPS) is 12.1. The number of carbonyl (C=O) groups excluding carboxylic acids is 1. The number of hydrogen-bond acceptors (Lipinski definition) is 2. The summed E-state index contributed by atoms with van der Waals surface area (Å²) in [6, 6.07) is 0. The van der Waals surface area contributed by atoms with E-state index in [1.165, 1.54) is 0 Å². The van der Waals surface area contributed by atoms with Crippen LogP contribution in [0, 0.1) is 0 Å². The van der Waals surface area contributed by atoms with E-state index in [0.29, 0.717) is 5.57 Å². The van der Waals surface area contributed by atoms with E-state index in [-0.39, 0.29) is 5.91 Å². The van der Waals surface area contributed by atoms with Crippen molar-refractivity contribution in [2.45, 2.75) is 13.8 Å². The highest BCUT2D eigenvalue weighted by molar-refractivity contribution is 5.92. The molecule has 0 saturated heterocycles. The maximum absolute atomic E-state index is 10.7. The largest absolute Gasteiger partial charge is 0.290 e. The molecule has 0 aromatic carbocycles. The summed E-state index contributed by atoms with van der Waals surface area (Å²) in [5.74, 6) is 4.63. The fourth-order valence-corrected chi connectivity index (χ4v) is 0.430. The Morgan fingerprint density at radius 1 is 1.60 bits per heavy atom. The van der Waals surface area contributed by atoms with Crippen LogP contribution < -0.4 is 11.3 Å². The van der Waals surface area contributed by atoms with Gasteiger partial charge in [0.25, 0.3) is 5.91 Å². The third kappa shape index (κ3) is 3.04. The van der Waals surface area contributed by atoms with Crippen molar-refractivity contribution in [2.75, 3.05) is 0 Å². The number of allylic oxidation sites excluding steroid dienone is 3. The average molecular weight is 140 g/mol. The molecule has 0 radical (unpaired) electrons. The molecule has 0 spiro atoms. The van der Waals surface area contributed by atoms with Gasteiger partial charge in [0.15, 0.2) is 0 Å². The van der Waals surface area contributed by atoms with Crippen LogP contribution in [-0.2, 0) is 4.79 Å². The van der Waals surface area contributed by atoms with Crippen molar-refractivity contribution in [3.8, 4) is 0 Å². The maximum Gasteiger partial charge on any atom is 0.260 e. The van der Waals surface area contributed by atoms with Gasteiger partial charge in [0, 0.05) is 5.57 Å². The van der Waals surface area contributed by atoms with E-state index >= 15 is 0 Å². The summed E-state index contributed by atoms with van der Waals surface area (Å²) in [5.41, 5.74) is 2.63. The topological polar surface area (TPSA) is 55.1 Å². The average Bonchev–Trinajstić information content (AvgIpc) is 1.98. The SMILES string of the molecule is C/C=C\C=C(/C)C(=O)NN. The van der Waals surface area contributed by atoms with Crippen LogP contribution in [0.25, 0.3) is 0 Å². The lowest BCUT2D eigenvalue weighted by molar-refractivity contribution is -0.117. The Bertz CT molecular complexity index is 170. The molecule has 56 valence electrons. The Hall–Kier alpha value is -1.09. The highest BCUT2D eigenvalue weighted by atomic mass is 16.2. The van der Waals surface area contributed by atoms with Crippen molar-refractivity contribution in [3.63, 3.8) is 0 Å². The summed E-state index contributed by atoms with van der Waals surface area (Å²) in [4.78, 5) is 10.7. The Morgan fingerprint density at radius 3 is 2.60 bits per heavy atom. The number of hydrogen-bond donors (Lipinski definition) is 2. The number of nitrogens with two attached hydrogens (primary N) is 1. The first-order valence-electron chi connectivity index (χ1n) is 3.03. The Labute approximate surface area is 60.6 Å². The van der Waals surface area contributed by atoms with Gasteiger partial charge in [-0.3, -0.25) is 10.2 Å². The van der Waals surface area contributed by atoms with Crippen LogP contribution in [0.4, 0.5) is 0 Å². The van der Waals surface area contributed by atoms with Gasteiger partial charge in [0.2, 0.25) is 0 Å². The molecule has 1 amide bonds. The Kier molecular flexibility index (Phi) is 4.24. The van der Waals surface area contributed by atoms with Gasteiger partial charge in [-0.15, -0.1) is 0 Å². The molecule has 0 fully saturated rings. The second-order valence-electron chi connectivity index (χ2n) is 1.85. The van der Waals surface area contributed by atoms with Gasteiger partial charge in [-0.2, -0.15) is 0 Å². The van der Waals surface area contributed by atoms with Crippen LogP contribution in [-0.4, -0.2) is 5.91 Å². The number of carbonyl (C=O) groups is 1. The van der Waals surface area contributed by atoms with Crippen LogP contribution in [0.5, 0.6) is 0 Å². The molecular formula is C7H12N2O. The van der Waals surface area contributed by atoms with E-state index in [1.807, 2.05) is 18.4 Å². The molecule has 0 bridgehead atoms. The smallest absolute Gasteiger partial charge is 0.260 e. The number of hydrazine groups is 1. The summed E-state index contributed by atoms with van der Waals surface area (Å²) in [5, 5.41) is 0. The molecular weight excluding hydrogens is 128 g/mol. The van der Waals surface area contributed by atoms with Gasteiger partial charge in [-0.1, -0.05) is 18.2 Å². The lowest BCUT2D eigenvalue weighted by Gasteiger charge is -1.94. The molecule has 0 rings (SSSR count). The molecule has 0 aliphatic heterocycles. The monoisotopic (exact) mass is 140 g/mol. The maximum atomic E-state index is 10.7. The summed E-state index contributed by atoms with van der Waals surface area (Å²) in [6.45, 7) is 3.58. The predicted octanol–water partition coefficient (Wildman–Crippen LogP) is 0.499. The van der Waals surface area contributed by atoms with Crippen LogP contribution in [0.15, 0.2) is 23.8 Å². The van der Waals surface area contributed by atoms with Gasteiger partial charge < -0.3 is 0 Å². The summed E-state index contributed by atoms with van der Waals surface area (Å²) in [7, 11) is 0. The van der Waals surface area contributed by atoms with Gasteiger partial charge in [0.1, 0.15) is 0 Å². The molecule has 0 atom stereocenters. The van der Waals surface area contributed by atoms with E-state index in [1.54, 1.807) is 19.1 Å². The minimum Gasteiger partial charge on any atom is -0.290 e. The molecule has 0 aliphatic rings. The van der Waals surface area contributed by atoms with Gasteiger partial charge in [-0.25, -0.2) is 5.84 Å². The lowest BCUT2D eigenvalue weighted by atomic mass is 10.2. The zero-order chi connectivity index (χ0) is 7.98. The van der Waals surface area contributed by atoms with Crippen molar-refractivity contribution in [1.82, 2.24) is 5.43 Å². The molecule has 10 heavy (non-hydrogen) atoms. The molecule has 3 nitrogen and oxygen atoms in total. The van der Waals surface area contributed by atoms with E-state index < -0.39 is 0 Å². The molecule has 0 unspecified atom stereocenters. The number of rotatable bonds is 2. The van der Waals surface area contributed by atoms with Crippen molar-refractivity contribution < 1.29 is 4.79 Å². The van der Waals surface area contributed by atoms with Gasteiger partial charge in [0.05, 0.1) is 0 Å². The molecule has 3 heteroatoms. The van der Waals surface area contributed by atoms with E-state index in [0.717, 1.165) is 0 Å². The third-order valence-electron chi connectivity index (χ3n) is 1.03. The molecule has 0 aromatic heterocycles. The first-order valence-corrected chi connectivity index (χ1v) is 3.03. The first-order chi connectivity index (χ1) is 4.72. The van der Waals surface area contributed by atoms with Gasteiger partial charge >= 0.3 is 0 Å². The molecule has 0 saturated carbocycles. The summed E-state index contributed by atoms with van der Waals surface area (Å²) < 4.78 is 0. The second kappa shape index (κ2) is 4.76. The van der Waals surface area contributed by atoms with E-state index in [2.05, 4.69) is 0 Å². The van der Waals surface area contributed by atoms with Crippen molar-refractivity contribution in [1.29, 1.82) is 0 Å². The summed E-state index contributed by atoms with van der Waals surface area (Å²) >= 11 is 0. The van der Waals surface area contributed by atoms with Crippen LogP contribution in [0.3, 0.4) is 0 Å². The lowest BCUT2D eigenvalue weighted by Crippen LogP contribution is -2.30. The quantitative estimate of drug-likeness (QED) is 0.193. The number of nitrogens with one attached hydrogen (secondary N) is 1. The first kappa shape index (κ1) is 8.91. The minimum absolute atomic E-state index is 0.252. The van der Waals surface area contributed by atoms with E-state index in [4.69, 9.17) is 5.84 Å². The van der Waals surface area contributed by atoms with Crippen LogP contribution in [0.1, 0.15) is 13.8 Å². The third-order valence-corrected chi connectivity index (χ3v) is 1.03. The van der Waals surface area contributed by atoms with E-state index in [9.17, 15) is 4.79 Å². The fourth-order valence-electron chi connectivity index (χ4n) is 0.430. The number of amides is 1. The molecule has 0 aromatic rings. The molecule has 0 heterocycles. The Balaban J connectivity index is 4.05. The van der Waals surface area contributed by atoms with Gasteiger partial charge in [-0.05, 0) is 13.8 Å². The summed E-state index contributed by atoms with van der Waals surface area (Å²) in [6.07, 6.45) is 5.32. The second-order valence-corrected chi connectivity index (χ2v) is 1.85. The highest BCUT2D eigenvalue weighted by Gasteiger charge is 1.96. The van der Waals surface area contributed by atoms with Crippen molar-refractivity contribution >= 4 is 5.91 Å². The molecule has 3 N–H and O–H groups in total. The standard InChI is InChI=1S/C7H12N2O/c1-3-4-5-6(2)7(10)9-8/h3-5H,8H2,1-2H3,(H,9,10)/b4-3-,6-5+. The van der Waals surface area contributed by atoms with Crippen LogP contribution in [0.2, 0.25) is 0 Å². The fraction of sp³-hybridized carbons (Fsp3) is 0.286. The van der Waals surface area contributed by atoms with Crippen LogP contribution >= 0.6 is 0 Å². The van der Waals surface area contributed by atoms with Crippen molar-refractivity contribution in [2.24, 2.45) is 5.84 Å². The van der Waals surface area contributed by atoms with Crippen molar-refractivity contribution in [3.05, 3.63) is 23.8 Å². The Morgan fingerprint density at radius 2 is 2.20 bits per heavy atom. The zero-order valence-electron chi connectivity index (χ0n) is 6.22. The minimum atomic E-state index is -0.252. The molecule has 0 aliphatic carbocycles. The zero-order valence-corrected chi connectivity index (χ0v) is 6.22. The predicted molar refractivity (Wildman–Crippen MR) is 40.9 cm³/mol.